The van der Waals surface area contributed by atoms with Gasteiger partial charge >= 0.3 is 0 Å². The zero-order chi connectivity index (χ0) is 24.6. The van der Waals surface area contributed by atoms with E-state index in [9.17, 15) is 8.78 Å². The smallest absolute Gasteiger partial charge is 0.201 e. The number of hydrogen-bond donors (Lipinski definition) is 0. The highest BCUT2D eigenvalue weighted by Gasteiger charge is 2.20. The number of unbranched alkanes of at least 4 members (excludes halogenated alkanes) is 2. The molecule has 0 aromatic heterocycles. The fraction of sp³-hybridized carbons (Fsp3) is 0.375. The van der Waals surface area contributed by atoms with Gasteiger partial charge in [0.1, 0.15) is 0 Å². The van der Waals surface area contributed by atoms with Gasteiger partial charge in [0.25, 0.3) is 0 Å². The summed E-state index contributed by atoms with van der Waals surface area (Å²) in [6.07, 6.45) is 12.0. The summed E-state index contributed by atoms with van der Waals surface area (Å²) in [5, 5.41) is 0. The van der Waals surface area contributed by atoms with Crippen molar-refractivity contribution >= 4 is 0 Å². The number of hydrogen-bond acceptors (Lipinski definition) is 1. The first kappa shape index (κ1) is 25.2. The van der Waals surface area contributed by atoms with Crippen molar-refractivity contribution in [1.29, 1.82) is 0 Å². The largest absolute Gasteiger partial charge is 0.490 e. The molecule has 0 saturated carbocycles. The third-order valence-electron chi connectivity index (χ3n) is 7.11. The van der Waals surface area contributed by atoms with E-state index < -0.39 is 11.6 Å². The monoisotopic (exact) mass is 474 g/mol. The molecule has 184 valence electrons. The maximum atomic E-state index is 14.9. The Morgan fingerprint density at radius 1 is 0.771 bits per heavy atom. The maximum Gasteiger partial charge on any atom is 0.201 e. The Morgan fingerprint density at radius 2 is 1.51 bits per heavy atom. The Morgan fingerprint density at radius 3 is 2.17 bits per heavy atom. The molecule has 0 aliphatic heterocycles. The van der Waals surface area contributed by atoms with Crippen LogP contribution >= 0.6 is 0 Å². The number of rotatable bonds is 10. The molecule has 4 rings (SSSR count). The van der Waals surface area contributed by atoms with Crippen molar-refractivity contribution in [1.82, 2.24) is 0 Å². The molecule has 0 saturated heterocycles. The molecule has 3 aromatic rings. The fourth-order valence-electron chi connectivity index (χ4n) is 4.79. The van der Waals surface area contributed by atoms with E-state index in [1.165, 1.54) is 29.5 Å². The predicted octanol–water partition coefficient (Wildman–Crippen LogP) is 9.06. The fourth-order valence-corrected chi connectivity index (χ4v) is 4.79. The molecular formula is C32H36F2O. The lowest BCUT2D eigenvalue weighted by Gasteiger charge is -2.23. The summed E-state index contributed by atoms with van der Waals surface area (Å²) in [5.74, 6) is -1.18. The number of ether oxygens (including phenoxy) is 1. The first-order valence-corrected chi connectivity index (χ1v) is 13.1. The van der Waals surface area contributed by atoms with Crippen molar-refractivity contribution in [3.05, 3.63) is 101 Å². The Kier molecular flexibility index (Phi) is 8.74. The number of allylic oxidation sites excluding steroid dienone is 1. The molecule has 1 aliphatic rings. The van der Waals surface area contributed by atoms with Crippen LogP contribution in [0.5, 0.6) is 5.75 Å². The van der Waals surface area contributed by atoms with Gasteiger partial charge < -0.3 is 4.74 Å². The first-order valence-electron chi connectivity index (χ1n) is 13.1. The second kappa shape index (κ2) is 12.2. The van der Waals surface area contributed by atoms with Gasteiger partial charge in [-0.15, -0.1) is 0 Å². The average Bonchev–Trinajstić information content (AvgIpc) is 2.91. The van der Waals surface area contributed by atoms with E-state index >= 15 is 0 Å². The molecular weight excluding hydrogens is 438 g/mol. The van der Waals surface area contributed by atoms with Crippen molar-refractivity contribution in [2.45, 2.75) is 64.7 Å². The molecule has 35 heavy (non-hydrogen) atoms. The van der Waals surface area contributed by atoms with Gasteiger partial charge in [0.05, 0.1) is 6.61 Å². The molecule has 0 heterocycles. The van der Waals surface area contributed by atoms with Crippen LogP contribution in [0.4, 0.5) is 8.78 Å². The van der Waals surface area contributed by atoms with Crippen molar-refractivity contribution in [2.24, 2.45) is 5.92 Å². The molecule has 2 atom stereocenters. The Balaban J connectivity index is 1.35. The first-order chi connectivity index (χ1) is 17.1. The second-order valence-electron chi connectivity index (χ2n) is 9.63. The van der Waals surface area contributed by atoms with E-state index in [1.54, 1.807) is 12.1 Å². The van der Waals surface area contributed by atoms with Crippen LogP contribution in [-0.2, 0) is 12.8 Å². The van der Waals surface area contributed by atoms with Gasteiger partial charge in [0.15, 0.2) is 11.6 Å². The summed E-state index contributed by atoms with van der Waals surface area (Å²) < 4.78 is 35.4. The van der Waals surface area contributed by atoms with Gasteiger partial charge in [0, 0.05) is 17.4 Å². The maximum absolute atomic E-state index is 14.9. The standard InChI is InChI=1S/C32H36F2O/c1-3-5-6-7-24-10-18-28(19-11-24)29-20-21-30(32(34)31(29)33)35-22-25-12-16-27(17-13-25)26-14-8-23(4-2)9-15-26/h8-12,14-16,18-21,25,27H,3-7,13,17,22H2,1-2H3. The molecule has 0 N–H and O–H groups in total. The zero-order valence-corrected chi connectivity index (χ0v) is 20.9. The van der Waals surface area contributed by atoms with E-state index in [4.69, 9.17) is 4.74 Å². The van der Waals surface area contributed by atoms with Gasteiger partial charge in [-0.2, -0.15) is 4.39 Å². The highest BCUT2D eigenvalue weighted by atomic mass is 19.2. The summed E-state index contributed by atoms with van der Waals surface area (Å²) in [4.78, 5) is 0. The van der Waals surface area contributed by atoms with Crippen LogP contribution in [-0.4, -0.2) is 6.61 Å². The summed E-state index contributed by atoms with van der Waals surface area (Å²) in [5.41, 5.74) is 4.85. The molecule has 1 nitrogen and oxygen atoms in total. The molecule has 3 heteroatoms. The Bertz CT molecular complexity index is 1120. The van der Waals surface area contributed by atoms with Crippen LogP contribution in [0.1, 0.15) is 68.6 Å². The Hall–Kier alpha value is -2.94. The lowest BCUT2D eigenvalue weighted by molar-refractivity contribution is 0.247. The van der Waals surface area contributed by atoms with E-state index in [0.717, 1.165) is 32.1 Å². The Labute approximate surface area is 208 Å². The SMILES string of the molecule is CCCCCc1ccc(-c2ccc(OCC3C=CC(c4ccc(CC)cc4)CC3)c(F)c2F)cc1. The van der Waals surface area contributed by atoms with E-state index in [-0.39, 0.29) is 17.2 Å². The third kappa shape index (κ3) is 6.39. The van der Waals surface area contributed by atoms with E-state index in [0.29, 0.717) is 18.1 Å². The minimum atomic E-state index is -0.914. The van der Waals surface area contributed by atoms with Crippen LogP contribution in [0, 0.1) is 17.6 Å². The van der Waals surface area contributed by atoms with Crippen molar-refractivity contribution in [3.8, 4) is 16.9 Å². The second-order valence-corrected chi connectivity index (χ2v) is 9.63. The highest BCUT2D eigenvalue weighted by molar-refractivity contribution is 5.65. The minimum absolute atomic E-state index is 0.0203. The molecule has 2 unspecified atom stereocenters. The number of benzene rings is 3. The molecule has 0 radical (unpaired) electrons. The van der Waals surface area contributed by atoms with E-state index in [1.807, 2.05) is 24.3 Å². The summed E-state index contributed by atoms with van der Waals surface area (Å²) in [7, 11) is 0. The van der Waals surface area contributed by atoms with Crippen molar-refractivity contribution in [3.63, 3.8) is 0 Å². The molecule has 3 aromatic carbocycles. The van der Waals surface area contributed by atoms with Gasteiger partial charge in [-0.3, -0.25) is 0 Å². The lowest BCUT2D eigenvalue weighted by Crippen LogP contribution is -2.15. The van der Waals surface area contributed by atoms with Gasteiger partial charge in [-0.25, -0.2) is 4.39 Å². The highest BCUT2D eigenvalue weighted by Crippen LogP contribution is 2.33. The topological polar surface area (TPSA) is 9.23 Å². The van der Waals surface area contributed by atoms with Crippen LogP contribution in [0.15, 0.2) is 72.8 Å². The van der Waals surface area contributed by atoms with Gasteiger partial charge in [0.2, 0.25) is 5.82 Å². The number of aryl methyl sites for hydroxylation is 2. The minimum Gasteiger partial charge on any atom is -0.490 e. The van der Waals surface area contributed by atoms with Crippen LogP contribution < -0.4 is 4.74 Å². The average molecular weight is 475 g/mol. The van der Waals surface area contributed by atoms with E-state index in [2.05, 4.69) is 50.3 Å². The quantitative estimate of drug-likeness (QED) is 0.210. The molecule has 0 amide bonds. The van der Waals surface area contributed by atoms with Crippen LogP contribution in [0.3, 0.4) is 0 Å². The summed E-state index contributed by atoms with van der Waals surface area (Å²) in [6, 6.07) is 19.7. The third-order valence-corrected chi connectivity index (χ3v) is 7.11. The normalized spacial score (nSPS) is 17.5. The van der Waals surface area contributed by atoms with Crippen LogP contribution in [0.25, 0.3) is 11.1 Å². The number of halogens is 2. The van der Waals surface area contributed by atoms with Crippen molar-refractivity contribution < 1.29 is 13.5 Å². The molecule has 1 aliphatic carbocycles. The molecule has 0 spiro atoms. The molecule has 0 fully saturated rings. The molecule has 0 bridgehead atoms. The predicted molar refractivity (Wildman–Crippen MR) is 141 cm³/mol. The summed E-state index contributed by atoms with van der Waals surface area (Å²) in [6.45, 7) is 4.69. The summed E-state index contributed by atoms with van der Waals surface area (Å²) >= 11 is 0. The van der Waals surface area contributed by atoms with Gasteiger partial charge in [-0.05, 0) is 66.5 Å². The zero-order valence-electron chi connectivity index (χ0n) is 20.9. The van der Waals surface area contributed by atoms with Gasteiger partial charge in [-0.1, -0.05) is 87.4 Å². The van der Waals surface area contributed by atoms with Crippen LogP contribution in [0.2, 0.25) is 0 Å². The van der Waals surface area contributed by atoms with Crippen molar-refractivity contribution in [2.75, 3.05) is 6.61 Å². The lowest BCUT2D eigenvalue weighted by atomic mass is 9.84.